The Kier molecular flexibility index (Phi) is 9.94. The average Bonchev–Trinajstić information content (AvgIpc) is 3.03. The van der Waals surface area contributed by atoms with Gasteiger partial charge in [0.2, 0.25) is 0 Å². The van der Waals surface area contributed by atoms with Crippen LogP contribution in [0, 0.1) is 27.7 Å². The Morgan fingerprint density at radius 1 is 0.771 bits per heavy atom. The van der Waals surface area contributed by atoms with Gasteiger partial charge in [0.05, 0.1) is 11.1 Å². The number of carbonyl (C=O) groups excluding carboxylic acids is 1. The number of hydrogen-bond acceptors (Lipinski definition) is 7. The number of hydrogen-bond donors (Lipinski definition) is 2. The number of alkyl carbamates (subject to hydrolysis) is 1. The van der Waals surface area contributed by atoms with E-state index in [0.29, 0.717) is 28.8 Å². The highest BCUT2D eigenvalue weighted by Gasteiger charge is 2.24. The molecule has 4 aromatic carbocycles. The first kappa shape index (κ1) is 33.9. The maximum Gasteiger partial charge on any atom is 0.407 e. The molecule has 0 aliphatic heterocycles. The van der Waals surface area contributed by atoms with Crippen LogP contribution in [0.3, 0.4) is 0 Å². The predicted molar refractivity (Wildman–Crippen MR) is 191 cm³/mol. The fourth-order valence-corrected chi connectivity index (χ4v) is 5.49. The Hall–Kier alpha value is -5.50. The standard InChI is InChI=1S/C40H42N4O4/c1-24(2)29-10-9-11-30(22-29)40(7,8)44-39(46)48-19-18-47-31-14-17-34(35(45)23-31)38-42-36(32-15-12-25(3)20-27(32)5)41-37(43-38)33-16-13-26(4)21-28(33)6/h9-17,20-23,45H,1,18-19H2,2-8H3,(H,44,46). The Morgan fingerprint density at radius 3 is 1.88 bits per heavy atom. The summed E-state index contributed by atoms with van der Waals surface area (Å²) in [7, 11) is 0. The first-order valence-corrected chi connectivity index (χ1v) is 15.9. The van der Waals surface area contributed by atoms with E-state index >= 15 is 0 Å². The third kappa shape index (κ3) is 7.89. The van der Waals surface area contributed by atoms with Gasteiger partial charge in [0, 0.05) is 17.2 Å². The second-order valence-electron chi connectivity index (χ2n) is 12.7. The van der Waals surface area contributed by atoms with Crippen LogP contribution in [0.1, 0.15) is 54.2 Å². The number of benzene rings is 4. The summed E-state index contributed by atoms with van der Waals surface area (Å²) in [5, 5.41) is 14.0. The number of allylic oxidation sites excluding steroid dienone is 1. The van der Waals surface area contributed by atoms with Crippen LogP contribution in [-0.2, 0) is 10.3 Å². The molecule has 0 saturated heterocycles. The number of nitrogens with zero attached hydrogens (tertiary/aromatic N) is 3. The topological polar surface area (TPSA) is 106 Å². The number of phenols is 1. The van der Waals surface area contributed by atoms with Crippen molar-refractivity contribution < 1.29 is 19.4 Å². The van der Waals surface area contributed by atoms with E-state index in [1.165, 1.54) is 6.07 Å². The number of phenolic OH excluding ortho intramolecular Hbond substituents is 1. The van der Waals surface area contributed by atoms with E-state index in [4.69, 9.17) is 24.4 Å². The fraction of sp³-hybridized carbons (Fsp3) is 0.250. The number of nitrogens with one attached hydrogen (secondary N) is 1. The molecule has 48 heavy (non-hydrogen) atoms. The van der Waals surface area contributed by atoms with Crippen LogP contribution < -0.4 is 10.1 Å². The highest BCUT2D eigenvalue weighted by molar-refractivity contribution is 5.72. The minimum Gasteiger partial charge on any atom is -0.507 e. The summed E-state index contributed by atoms with van der Waals surface area (Å²) in [4.78, 5) is 27.0. The summed E-state index contributed by atoms with van der Waals surface area (Å²) in [6, 6.07) is 25.1. The van der Waals surface area contributed by atoms with Crippen LogP contribution in [-0.4, -0.2) is 39.4 Å². The van der Waals surface area contributed by atoms with Crippen molar-refractivity contribution in [2.24, 2.45) is 0 Å². The number of amides is 1. The first-order chi connectivity index (χ1) is 22.8. The quantitative estimate of drug-likeness (QED) is 0.147. The molecule has 1 aromatic heterocycles. The molecule has 0 bridgehead atoms. The molecule has 0 radical (unpaired) electrons. The van der Waals surface area contributed by atoms with Gasteiger partial charge < -0.3 is 19.9 Å². The Balaban J connectivity index is 1.30. The maximum absolute atomic E-state index is 12.6. The lowest BCUT2D eigenvalue weighted by molar-refractivity contribution is 0.116. The van der Waals surface area contributed by atoms with Gasteiger partial charge in [-0.25, -0.2) is 19.7 Å². The smallest absolute Gasteiger partial charge is 0.407 e. The predicted octanol–water partition coefficient (Wildman–Crippen LogP) is 8.89. The highest BCUT2D eigenvalue weighted by atomic mass is 16.6. The van der Waals surface area contributed by atoms with E-state index in [1.807, 2.05) is 97.0 Å². The zero-order valence-corrected chi connectivity index (χ0v) is 28.6. The molecule has 0 aliphatic carbocycles. The molecule has 8 nitrogen and oxygen atoms in total. The summed E-state index contributed by atoms with van der Waals surface area (Å²) in [6.07, 6.45) is -0.559. The summed E-state index contributed by atoms with van der Waals surface area (Å²) in [5.74, 6) is 1.75. The molecular formula is C40H42N4O4. The van der Waals surface area contributed by atoms with Crippen LogP contribution in [0.5, 0.6) is 11.5 Å². The van der Waals surface area contributed by atoms with Gasteiger partial charge in [0.1, 0.15) is 24.7 Å². The van der Waals surface area contributed by atoms with Crippen molar-refractivity contribution >= 4 is 11.7 Å². The summed E-state index contributed by atoms with van der Waals surface area (Å²) in [6.45, 7) is 18.0. The van der Waals surface area contributed by atoms with Crippen LogP contribution in [0.2, 0.25) is 0 Å². The molecule has 0 spiro atoms. The third-order valence-electron chi connectivity index (χ3n) is 8.17. The van der Waals surface area contributed by atoms with Crippen LogP contribution >= 0.6 is 0 Å². The Morgan fingerprint density at radius 2 is 1.33 bits per heavy atom. The van der Waals surface area contributed by atoms with Crippen LogP contribution in [0.4, 0.5) is 4.79 Å². The monoisotopic (exact) mass is 642 g/mol. The Bertz CT molecular complexity index is 1930. The molecule has 5 aromatic rings. The average molecular weight is 643 g/mol. The zero-order chi connectivity index (χ0) is 34.6. The normalized spacial score (nSPS) is 11.2. The van der Waals surface area contributed by atoms with Crippen molar-refractivity contribution in [2.45, 2.75) is 54.0 Å². The van der Waals surface area contributed by atoms with E-state index in [0.717, 1.165) is 50.1 Å². The van der Waals surface area contributed by atoms with Crippen molar-refractivity contribution in [1.82, 2.24) is 20.3 Å². The second-order valence-corrected chi connectivity index (χ2v) is 12.7. The van der Waals surface area contributed by atoms with Gasteiger partial charge in [-0.3, -0.25) is 0 Å². The van der Waals surface area contributed by atoms with Gasteiger partial charge in [-0.05, 0) is 88.9 Å². The van der Waals surface area contributed by atoms with Crippen molar-refractivity contribution in [3.8, 4) is 45.7 Å². The zero-order valence-electron chi connectivity index (χ0n) is 28.6. The molecule has 5 rings (SSSR count). The first-order valence-electron chi connectivity index (χ1n) is 15.9. The summed E-state index contributed by atoms with van der Waals surface area (Å²) < 4.78 is 11.2. The Labute approximate surface area is 282 Å². The third-order valence-corrected chi connectivity index (χ3v) is 8.17. The molecule has 0 unspecified atom stereocenters. The number of aromatic hydroxyl groups is 1. The summed E-state index contributed by atoms with van der Waals surface area (Å²) >= 11 is 0. The van der Waals surface area contributed by atoms with Gasteiger partial charge in [0.25, 0.3) is 0 Å². The van der Waals surface area contributed by atoms with Gasteiger partial charge in [-0.1, -0.05) is 77.9 Å². The number of aryl methyl sites for hydroxylation is 4. The van der Waals surface area contributed by atoms with Crippen molar-refractivity contribution in [2.75, 3.05) is 13.2 Å². The molecule has 8 heteroatoms. The second kappa shape index (κ2) is 14.1. The van der Waals surface area contributed by atoms with Crippen LogP contribution in [0.25, 0.3) is 39.7 Å². The SMILES string of the molecule is C=C(C)c1cccc(C(C)(C)NC(=O)OCCOc2ccc(-c3nc(-c4ccc(C)cc4C)nc(-c4ccc(C)cc4C)n3)c(O)c2)c1. The fourth-order valence-electron chi connectivity index (χ4n) is 5.49. The van der Waals surface area contributed by atoms with Crippen molar-refractivity contribution in [1.29, 1.82) is 0 Å². The molecular weight excluding hydrogens is 600 g/mol. The largest absolute Gasteiger partial charge is 0.507 e. The van der Waals surface area contributed by atoms with Gasteiger partial charge in [0.15, 0.2) is 17.5 Å². The molecule has 246 valence electrons. The number of carbonyl (C=O) groups is 1. The summed E-state index contributed by atoms with van der Waals surface area (Å²) in [5.41, 5.74) is 8.84. The lowest BCUT2D eigenvalue weighted by Gasteiger charge is -2.27. The van der Waals surface area contributed by atoms with Crippen LogP contribution in [0.15, 0.2) is 85.4 Å². The molecule has 1 heterocycles. The molecule has 0 atom stereocenters. The molecule has 1 amide bonds. The van der Waals surface area contributed by atoms with Crippen molar-refractivity contribution in [3.05, 3.63) is 119 Å². The van der Waals surface area contributed by atoms with E-state index in [2.05, 4.69) is 24.0 Å². The number of aromatic nitrogens is 3. The minimum atomic E-state index is -0.657. The van der Waals surface area contributed by atoms with Gasteiger partial charge >= 0.3 is 6.09 Å². The number of rotatable bonds is 10. The lowest BCUT2D eigenvalue weighted by atomic mass is 9.92. The van der Waals surface area contributed by atoms with E-state index < -0.39 is 11.6 Å². The van der Waals surface area contributed by atoms with E-state index in [-0.39, 0.29) is 19.0 Å². The minimum absolute atomic E-state index is 0.0161. The molecule has 0 aliphatic rings. The molecule has 0 saturated carbocycles. The van der Waals surface area contributed by atoms with E-state index in [1.54, 1.807) is 12.1 Å². The van der Waals surface area contributed by atoms with Gasteiger partial charge in [-0.15, -0.1) is 0 Å². The highest BCUT2D eigenvalue weighted by Crippen LogP contribution is 2.34. The molecule has 2 N–H and O–H groups in total. The maximum atomic E-state index is 12.6. The molecule has 0 fully saturated rings. The lowest BCUT2D eigenvalue weighted by Crippen LogP contribution is -2.41. The van der Waals surface area contributed by atoms with E-state index in [9.17, 15) is 9.90 Å². The van der Waals surface area contributed by atoms with Crippen molar-refractivity contribution in [3.63, 3.8) is 0 Å². The number of ether oxygens (including phenoxy) is 2. The van der Waals surface area contributed by atoms with Gasteiger partial charge in [-0.2, -0.15) is 0 Å².